The lowest BCUT2D eigenvalue weighted by atomic mass is 9.95. The lowest BCUT2D eigenvalue weighted by molar-refractivity contribution is 0.0960. The highest BCUT2D eigenvalue weighted by molar-refractivity contribution is 7.89. The molecule has 2 aromatic heterocycles. The summed E-state index contributed by atoms with van der Waals surface area (Å²) in [5, 5.41) is 12.4. The average molecular weight is 458 g/mol. The molecule has 1 aliphatic heterocycles. The van der Waals surface area contributed by atoms with Crippen LogP contribution in [0.3, 0.4) is 0 Å². The number of nitrogens with one attached hydrogen (secondary N) is 1. The van der Waals surface area contributed by atoms with Gasteiger partial charge in [0.2, 0.25) is 10.0 Å². The zero-order chi connectivity index (χ0) is 21.9. The second kappa shape index (κ2) is 6.84. The van der Waals surface area contributed by atoms with Crippen LogP contribution in [0.1, 0.15) is 27.5 Å². The lowest BCUT2D eigenvalue weighted by Gasteiger charge is -2.17. The van der Waals surface area contributed by atoms with Crippen molar-refractivity contribution in [2.24, 2.45) is 5.14 Å². The first-order valence-electron chi connectivity index (χ1n) is 8.99. The van der Waals surface area contributed by atoms with Gasteiger partial charge in [0, 0.05) is 33.5 Å². The van der Waals surface area contributed by atoms with Gasteiger partial charge in [0.05, 0.1) is 10.9 Å². The van der Waals surface area contributed by atoms with Gasteiger partial charge in [-0.25, -0.2) is 27.4 Å². The minimum Gasteiger partial charge on any atom is -0.341 e. The number of carbonyl (C=O) groups excluding carboxylic acids is 1. The number of halogens is 2. The molecule has 1 atom stereocenters. The van der Waals surface area contributed by atoms with Crippen LogP contribution in [0.25, 0.3) is 16.8 Å². The fourth-order valence-corrected chi connectivity index (χ4v) is 4.80. The number of rotatable bonds is 3. The molecule has 11 heteroatoms. The quantitative estimate of drug-likeness (QED) is 0.490. The third kappa shape index (κ3) is 3.25. The smallest absolute Gasteiger partial charge is 0.252 e. The molecular formula is C20H13ClFN5O3S. The Labute approximate surface area is 180 Å². The molecule has 1 aliphatic rings. The summed E-state index contributed by atoms with van der Waals surface area (Å²) in [7, 11) is -4.24. The van der Waals surface area contributed by atoms with E-state index in [1.807, 2.05) is 0 Å². The third-order valence-electron chi connectivity index (χ3n) is 5.13. The fourth-order valence-electron chi connectivity index (χ4n) is 3.75. The molecule has 156 valence electrons. The third-order valence-corrected chi connectivity index (χ3v) is 6.43. The maximum absolute atomic E-state index is 13.9. The number of fused-ring (bicyclic) bond motifs is 2. The van der Waals surface area contributed by atoms with Gasteiger partial charge in [-0.05, 0) is 48.0 Å². The largest absolute Gasteiger partial charge is 0.341 e. The van der Waals surface area contributed by atoms with Crippen LogP contribution >= 0.6 is 11.6 Å². The van der Waals surface area contributed by atoms with Crippen molar-refractivity contribution in [2.45, 2.75) is 10.9 Å². The Kier molecular flexibility index (Phi) is 4.33. The maximum Gasteiger partial charge on any atom is 0.252 e. The van der Waals surface area contributed by atoms with Crippen molar-refractivity contribution in [1.82, 2.24) is 19.9 Å². The molecule has 0 unspecified atom stereocenters. The number of primary sulfonamides is 1. The van der Waals surface area contributed by atoms with Gasteiger partial charge < -0.3 is 5.32 Å². The molecular weight excluding hydrogens is 445 g/mol. The Balaban J connectivity index is 1.76. The molecule has 0 radical (unpaired) electrons. The van der Waals surface area contributed by atoms with E-state index < -0.39 is 27.8 Å². The van der Waals surface area contributed by atoms with Gasteiger partial charge >= 0.3 is 0 Å². The second-order valence-corrected chi connectivity index (χ2v) is 8.97. The van der Waals surface area contributed by atoms with Crippen LogP contribution in [0.15, 0.2) is 59.9 Å². The van der Waals surface area contributed by atoms with E-state index in [1.165, 1.54) is 29.0 Å². The number of pyridine rings is 1. The molecule has 0 saturated heterocycles. The zero-order valence-corrected chi connectivity index (χ0v) is 17.2. The van der Waals surface area contributed by atoms with Crippen LogP contribution in [-0.2, 0) is 10.0 Å². The van der Waals surface area contributed by atoms with Crippen LogP contribution in [-0.4, -0.2) is 28.9 Å². The Morgan fingerprint density at radius 2 is 1.94 bits per heavy atom. The summed E-state index contributed by atoms with van der Waals surface area (Å²) in [6, 6.07) is 9.08. The Morgan fingerprint density at radius 1 is 1.13 bits per heavy atom. The fraction of sp³-hybridized carbons (Fsp3) is 0.0500. The van der Waals surface area contributed by atoms with Gasteiger partial charge in [0.25, 0.3) is 5.91 Å². The molecule has 0 bridgehead atoms. The maximum atomic E-state index is 13.9. The predicted molar refractivity (Wildman–Crippen MR) is 111 cm³/mol. The summed E-state index contributed by atoms with van der Waals surface area (Å²) in [5.41, 5.74) is 2.13. The zero-order valence-electron chi connectivity index (χ0n) is 15.6. The molecule has 1 amide bonds. The summed E-state index contributed by atoms with van der Waals surface area (Å²) in [6.45, 7) is 0. The Bertz CT molecular complexity index is 1500. The number of aromatic nitrogens is 3. The van der Waals surface area contributed by atoms with Crippen LogP contribution < -0.4 is 10.5 Å². The number of benzene rings is 2. The van der Waals surface area contributed by atoms with Gasteiger partial charge in [-0.15, -0.1) is 0 Å². The van der Waals surface area contributed by atoms with Crippen LogP contribution in [0.2, 0.25) is 5.02 Å². The summed E-state index contributed by atoms with van der Waals surface area (Å²) in [4.78, 5) is 16.6. The Morgan fingerprint density at radius 3 is 2.71 bits per heavy atom. The molecule has 3 heterocycles. The highest BCUT2D eigenvalue weighted by Gasteiger charge is 2.36. The van der Waals surface area contributed by atoms with Crippen molar-refractivity contribution in [3.05, 3.63) is 82.5 Å². The monoisotopic (exact) mass is 457 g/mol. The molecule has 0 fully saturated rings. The molecule has 5 rings (SSSR count). The molecule has 0 saturated carbocycles. The number of nitrogens with zero attached hydrogens (tertiary/aromatic N) is 3. The van der Waals surface area contributed by atoms with E-state index in [0.29, 0.717) is 16.8 Å². The number of nitrogens with two attached hydrogens (primary N) is 1. The van der Waals surface area contributed by atoms with Crippen molar-refractivity contribution in [3.8, 4) is 11.1 Å². The van der Waals surface area contributed by atoms with Gasteiger partial charge in [0.15, 0.2) is 5.65 Å². The van der Waals surface area contributed by atoms with E-state index in [4.69, 9.17) is 16.7 Å². The number of amides is 1. The molecule has 31 heavy (non-hydrogen) atoms. The summed E-state index contributed by atoms with van der Waals surface area (Å²) in [6.07, 6.45) is 3.04. The van der Waals surface area contributed by atoms with E-state index in [-0.39, 0.29) is 26.6 Å². The van der Waals surface area contributed by atoms with Gasteiger partial charge in [0.1, 0.15) is 12.1 Å². The van der Waals surface area contributed by atoms with Gasteiger partial charge in [-0.2, -0.15) is 5.10 Å². The van der Waals surface area contributed by atoms with Crippen molar-refractivity contribution in [2.75, 3.05) is 0 Å². The van der Waals surface area contributed by atoms with E-state index in [9.17, 15) is 17.6 Å². The van der Waals surface area contributed by atoms with Crippen LogP contribution in [0, 0.1) is 5.82 Å². The molecule has 2 aromatic carbocycles. The van der Waals surface area contributed by atoms with E-state index in [2.05, 4.69) is 15.4 Å². The molecule has 3 N–H and O–H groups in total. The minimum absolute atomic E-state index is 0.116. The Hall–Kier alpha value is -3.34. The van der Waals surface area contributed by atoms with E-state index in [1.54, 1.807) is 24.4 Å². The number of sulfonamides is 1. The highest BCUT2D eigenvalue weighted by atomic mass is 35.5. The first-order valence-corrected chi connectivity index (χ1v) is 10.9. The SMILES string of the molecule is NS(=O)(=O)c1cc(-c2ccc3ncnn3c2)cc2c1[C@H](c1cc(F)ccc1Cl)NC2=O. The predicted octanol–water partition coefficient (Wildman–Crippen LogP) is 2.67. The van der Waals surface area contributed by atoms with Crippen molar-refractivity contribution >= 4 is 33.2 Å². The molecule has 8 nitrogen and oxygen atoms in total. The van der Waals surface area contributed by atoms with Crippen LogP contribution in [0.4, 0.5) is 4.39 Å². The standard InChI is InChI=1S/C20H13ClFN5O3S/c21-15-3-2-12(22)7-13(15)19-18-14(20(28)26-19)5-11(6-16(18)31(23,29)30)10-1-4-17-24-9-25-27(17)8-10/h1-9,19H,(H,26,28)(H2,23,29,30)/t19-/m0/s1. The minimum atomic E-state index is -4.24. The van der Waals surface area contributed by atoms with Crippen molar-refractivity contribution in [3.63, 3.8) is 0 Å². The highest BCUT2D eigenvalue weighted by Crippen LogP contribution is 2.40. The summed E-state index contributed by atoms with van der Waals surface area (Å²) < 4.78 is 40.4. The summed E-state index contributed by atoms with van der Waals surface area (Å²) >= 11 is 6.21. The lowest BCUT2D eigenvalue weighted by Crippen LogP contribution is -2.22. The molecule has 0 spiro atoms. The first kappa shape index (κ1) is 19.6. The number of hydrogen-bond acceptors (Lipinski definition) is 5. The average Bonchev–Trinajstić information content (AvgIpc) is 3.32. The first-order chi connectivity index (χ1) is 14.7. The number of carbonyl (C=O) groups is 1. The summed E-state index contributed by atoms with van der Waals surface area (Å²) in [5.74, 6) is -1.09. The van der Waals surface area contributed by atoms with E-state index >= 15 is 0 Å². The molecule has 4 aromatic rings. The van der Waals surface area contributed by atoms with Gasteiger partial charge in [-0.3, -0.25) is 4.79 Å². The topological polar surface area (TPSA) is 119 Å². The van der Waals surface area contributed by atoms with Crippen LogP contribution in [0.5, 0.6) is 0 Å². The molecule has 0 aliphatic carbocycles. The van der Waals surface area contributed by atoms with Gasteiger partial charge in [-0.1, -0.05) is 11.6 Å². The second-order valence-electron chi connectivity index (χ2n) is 7.03. The number of hydrogen-bond donors (Lipinski definition) is 2. The normalized spacial score (nSPS) is 15.8. The van der Waals surface area contributed by atoms with Crippen molar-refractivity contribution < 1.29 is 17.6 Å². The van der Waals surface area contributed by atoms with E-state index in [0.717, 1.165) is 6.07 Å². The van der Waals surface area contributed by atoms with Crippen molar-refractivity contribution in [1.29, 1.82) is 0 Å².